The molecule has 3 N–H and O–H groups in total. The summed E-state index contributed by atoms with van der Waals surface area (Å²) < 4.78 is 15.0. The van der Waals surface area contributed by atoms with Gasteiger partial charge in [0.1, 0.15) is 5.75 Å². The summed E-state index contributed by atoms with van der Waals surface area (Å²) >= 11 is 0. The smallest absolute Gasteiger partial charge is 0.414 e. The van der Waals surface area contributed by atoms with Crippen molar-refractivity contribution in [3.05, 3.63) is 24.3 Å². The average molecular weight is 293 g/mol. The van der Waals surface area contributed by atoms with Gasteiger partial charge in [0, 0.05) is 5.56 Å². The van der Waals surface area contributed by atoms with Crippen LogP contribution in [0.3, 0.4) is 0 Å². The maximum Gasteiger partial charge on any atom is 0.414 e. The van der Waals surface area contributed by atoms with E-state index in [1.54, 1.807) is 31.2 Å². The first-order chi connectivity index (χ1) is 10.1. The van der Waals surface area contributed by atoms with Crippen molar-refractivity contribution in [3.63, 3.8) is 0 Å². The number of carbonyl (C=O) groups is 1. The third-order valence-corrected chi connectivity index (χ3v) is 2.68. The minimum Gasteiger partial charge on any atom is -0.502 e. The van der Waals surface area contributed by atoms with Crippen LogP contribution in [0.25, 0.3) is 11.3 Å². The Morgan fingerprint density at radius 3 is 2.76 bits per heavy atom. The quantitative estimate of drug-likeness (QED) is 0.801. The number of hydrogen-bond donors (Lipinski definition) is 3. The number of hydrogen-bond acceptors (Lipinski definition) is 6. The molecule has 21 heavy (non-hydrogen) atoms. The number of rotatable bonds is 4. The summed E-state index contributed by atoms with van der Waals surface area (Å²) in [6, 6.07) is 6.70. The van der Waals surface area contributed by atoms with Crippen molar-refractivity contribution in [1.82, 2.24) is 0 Å². The highest BCUT2D eigenvalue weighted by Crippen LogP contribution is 2.45. The van der Waals surface area contributed by atoms with E-state index in [0.29, 0.717) is 11.3 Å². The molecule has 2 rings (SSSR count). The second-order valence-corrected chi connectivity index (χ2v) is 4.03. The minimum absolute atomic E-state index is 0.0122. The summed E-state index contributed by atoms with van der Waals surface area (Å²) in [4.78, 5) is 11.3. The second-order valence-electron chi connectivity index (χ2n) is 4.03. The lowest BCUT2D eigenvalue weighted by Gasteiger charge is -2.02. The Labute approximate surface area is 120 Å². The van der Waals surface area contributed by atoms with E-state index in [-0.39, 0.29) is 18.3 Å². The number of nitrogens with one attached hydrogen (secondary N) is 1. The fraction of sp³-hybridized carbons (Fsp3) is 0.214. The molecule has 2 aromatic rings. The van der Waals surface area contributed by atoms with E-state index in [1.165, 1.54) is 7.11 Å². The maximum absolute atomic E-state index is 11.3. The van der Waals surface area contributed by atoms with Gasteiger partial charge in [0.05, 0.1) is 13.7 Å². The molecule has 1 heterocycles. The molecule has 0 aliphatic carbocycles. The highest BCUT2D eigenvalue weighted by Gasteiger charge is 2.22. The van der Waals surface area contributed by atoms with E-state index in [9.17, 15) is 15.0 Å². The van der Waals surface area contributed by atoms with E-state index in [0.717, 1.165) is 0 Å². The standard InChI is InChI=1S/C14H15NO6/c1-3-20-14(18)15-13-11(17)10(16)12(21-13)8-5-4-6-9(7-8)19-2/h4-7,16-17H,3H2,1-2H3,(H,15,18). The number of aromatic hydroxyl groups is 2. The topological polar surface area (TPSA) is 101 Å². The molecule has 7 nitrogen and oxygen atoms in total. The van der Waals surface area contributed by atoms with Gasteiger partial charge in [-0.3, -0.25) is 5.32 Å². The molecule has 0 spiro atoms. The molecule has 0 radical (unpaired) electrons. The summed E-state index contributed by atoms with van der Waals surface area (Å²) in [6.45, 7) is 1.81. The Morgan fingerprint density at radius 1 is 1.33 bits per heavy atom. The first kappa shape index (κ1) is 14.6. The summed E-state index contributed by atoms with van der Waals surface area (Å²) in [7, 11) is 1.51. The van der Waals surface area contributed by atoms with Gasteiger partial charge in [-0.2, -0.15) is 0 Å². The largest absolute Gasteiger partial charge is 0.502 e. The van der Waals surface area contributed by atoms with Crippen molar-refractivity contribution < 1.29 is 28.9 Å². The number of methoxy groups -OCH3 is 1. The first-order valence-electron chi connectivity index (χ1n) is 6.19. The zero-order valence-corrected chi connectivity index (χ0v) is 11.5. The van der Waals surface area contributed by atoms with Crippen molar-refractivity contribution in [2.24, 2.45) is 0 Å². The summed E-state index contributed by atoms with van der Waals surface area (Å²) in [6.07, 6.45) is -0.793. The van der Waals surface area contributed by atoms with Crippen LogP contribution in [0.2, 0.25) is 0 Å². The van der Waals surface area contributed by atoms with E-state index >= 15 is 0 Å². The average Bonchev–Trinajstić information content (AvgIpc) is 2.76. The summed E-state index contributed by atoms with van der Waals surface area (Å²) in [5, 5.41) is 21.9. The van der Waals surface area contributed by atoms with Gasteiger partial charge in [-0.1, -0.05) is 12.1 Å². The third-order valence-electron chi connectivity index (χ3n) is 2.68. The zero-order chi connectivity index (χ0) is 15.4. The van der Waals surface area contributed by atoms with E-state index < -0.39 is 17.6 Å². The molecular weight excluding hydrogens is 278 g/mol. The SMILES string of the molecule is CCOC(=O)Nc1oc(-c2cccc(OC)c2)c(O)c1O. The normalized spacial score (nSPS) is 10.2. The van der Waals surface area contributed by atoms with Crippen LogP contribution in [-0.2, 0) is 4.74 Å². The highest BCUT2D eigenvalue weighted by atomic mass is 16.6. The molecule has 1 amide bonds. The van der Waals surface area contributed by atoms with Gasteiger partial charge in [-0.25, -0.2) is 4.79 Å². The monoisotopic (exact) mass is 293 g/mol. The Kier molecular flexibility index (Phi) is 4.22. The minimum atomic E-state index is -0.793. The number of ether oxygens (including phenoxy) is 2. The molecule has 1 aromatic heterocycles. The van der Waals surface area contributed by atoms with Crippen molar-refractivity contribution in [3.8, 4) is 28.6 Å². The van der Waals surface area contributed by atoms with E-state index in [1.807, 2.05) is 0 Å². The highest BCUT2D eigenvalue weighted by molar-refractivity contribution is 5.87. The lowest BCUT2D eigenvalue weighted by Crippen LogP contribution is -2.12. The third kappa shape index (κ3) is 3.02. The molecule has 0 aliphatic heterocycles. The van der Waals surface area contributed by atoms with Crippen molar-refractivity contribution in [1.29, 1.82) is 0 Å². The summed E-state index contributed by atoms with van der Waals surface area (Å²) in [5.74, 6) is -0.763. The van der Waals surface area contributed by atoms with Crippen LogP contribution < -0.4 is 10.1 Å². The van der Waals surface area contributed by atoms with Crippen molar-refractivity contribution in [2.75, 3.05) is 19.0 Å². The van der Waals surface area contributed by atoms with E-state index in [2.05, 4.69) is 10.1 Å². The molecule has 0 bridgehead atoms. The van der Waals surface area contributed by atoms with Gasteiger partial charge in [-0.15, -0.1) is 0 Å². The number of carbonyl (C=O) groups excluding carboxylic acids is 1. The van der Waals surface area contributed by atoms with Gasteiger partial charge >= 0.3 is 6.09 Å². The predicted molar refractivity (Wildman–Crippen MR) is 74.7 cm³/mol. The second kappa shape index (κ2) is 6.08. The predicted octanol–water partition coefficient (Wildman–Crippen LogP) is 2.93. The summed E-state index contributed by atoms with van der Waals surface area (Å²) in [5.41, 5.74) is 0.485. The molecule has 0 unspecified atom stereocenters. The number of amides is 1. The Balaban J connectivity index is 2.35. The van der Waals surface area contributed by atoms with Crippen molar-refractivity contribution in [2.45, 2.75) is 6.92 Å². The fourth-order valence-corrected chi connectivity index (χ4v) is 1.72. The molecule has 0 fully saturated rings. The van der Waals surface area contributed by atoms with Crippen LogP contribution in [-0.4, -0.2) is 30.0 Å². The molecular formula is C14H15NO6. The van der Waals surface area contributed by atoms with Crippen LogP contribution >= 0.6 is 0 Å². The number of benzene rings is 1. The van der Waals surface area contributed by atoms with Gasteiger partial charge < -0.3 is 24.1 Å². The number of furan rings is 1. The Morgan fingerprint density at radius 2 is 2.10 bits per heavy atom. The zero-order valence-electron chi connectivity index (χ0n) is 11.5. The molecule has 1 aromatic carbocycles. The maximum atomic E-state index is 11.3. The molecule has 7 heteroatoms. The molecule has 0 aliphatic rings. The van der Waals surface area contributed by atoms with Gasteiger partial charge in [0.2, 0.25) is 17.4 Å². The molecule has 0 saturated carbocycles. The first-order valence-corrected chi connectivity index (χ1v) is 6.19. The molecule has 0 saturated heterocycles. The van der Waals surface area contributed by atoms with Gasteiger partial charge in [0.25, 0.3) is 0 Å². The van der Waals surface area contributed by atoms with Crippen LogP contribution in [0.1, 0.15) is 6.92 Å². The Bertz CT molecular complexity index is 649. The fourth-order valence-electron chi connectivity index (χ4n) is 1.72. The Hall–Kier alpha value is -2.83. The lowest BCUT2D eigenvalue weighted by atomic mass is 10.1. The van der Waals surface area contributed by atoms with Gasteiger partial charge in [0.15, 0.2) is 5.76 Å². The molecule has 0 atom stereocenters. The van der Waals surface area contributed by atoms with Crippen molar-refractivity contribution >= 4 is 12.0 Å². The van der Waals surface area contributed by atoms with E-state index in [4.69, 9.17) is 9.15 Å². The van der Waals surface area contributed by atoms with Crippen LogP contribution in [0, 0.1) is 0 Å². The van der Waals surface area contributed by atoms with Crippen LogP contribution in [0.15, 0.2) is 28.7 Å². The van der Waals surface area contributed by atoms with Crippen LogP contribution in [0.4, 0.5) is 10.7 Å². The van der Waals surface area contributed by atoms with Gasteiger partial charge in [-0.05, 0) is 19.1 Å². The molecule has 112 valence electrons. The number of anilines is 1. The van der Waals surface area contributed by atoms with Crippen LogP contribution in [0.5, 0.6) is 17.2 Å². The lowest BCUT2D eigenvalue weighted by molar-refractivity contribution is 0.167.